The van der Waals surface area contributed by atoms with Crippen molar-refractivity contribution in [3.8, 4) is 0 Å². The van der Waals surface area contributed by atoms with Crippen molar-refractivity contribution in [2.75, 3.05) is 12.3 Å². The Morgan fingerprint density at radius 2 is 2.04 bits per heavy atom. The summed E-state index contributed by atoms with van der Waals surface area (Å²) in [5.41, 5.74) is 6.32. The molecular weight excluding hydrogens is 410 g/mol. The Kier molecular flexibility index (Phi) is 9.54. The number of hydrogen-bond acceptors (Lipinski definition) is 10. The maximum atomic E-state index is 11.3. The molecule has 0 aliphatic carbocycles. The van der Waals surface area contributed by atoms with E-state index in [0.29, 0.717) is 11.2 Å². The molecule has 26 heavy (non-hydrogen) atoms. The molecule has 2 aromatic heterocycles. The van der Waals surface area contributed by atoms with Gasteiger partial charge in [-0.25, -0.2) is 19.5 Å². The van der Waals surface area contributed by atoms with E-state index < -0.39 is 39.0 Å². The molecule has 0 aromatic carbocycles. The van der Waals surface area contributed by atoms with Crippen LogP contribution in [0.2, 0.25) is 0 Å². The van der Waals surface area contributed by atoms with Gasteiger partial charge < -0.3 is 28.4 Å². The summed E-state index contributed by atoms with van der Waals surface area (Å²) in [6, 6.07) is 0. The zero-order valence-electron chi connectivity index (χ0n) is 16.0. The molecule has 0 spiro atoms. The number of ether oxygens (including phenoxy) is 1. The van der Waals surface area contributed by atoms with Crippen LogP contribution >= 0.6 is 17.3 Å². The second-order valence-corrected chi connectivity index (χ2v) is 7.04. The molecule has 3 rings (SSSR count). The van der Waals surface area contributed by atoms with Crippen LogP contribution in [0.1, 0.15) is 9.08 Å². The first-order valence-electron chi connectivity index (χ1n) is 6.64. The summed E-state index contributed by atoms with van der Waals surface area (Å²) in [6.07, 6.45) is -2.25. The molecule has 1 fully saturated rings. The molecule has 136 valence electrons. The van der Waals surface area contributed by atoms with Gasteiger partial charge in [-0.05, 0) is 0 Å². The van der Waals surface area contributed by atoms with Crippen LogP contribution in [0, 0.1) is 0 Å². The van der Waals surface area contributed by atoms with Crippen molar-refractivity contribution in [1.82, 2.24) is 19.5 Å². The summed E-state index contributed by atoms with van der Waals surface area (Å²) < 4.78 is 27.0. The Bertz CT molecular complexity index is 809. The molecule has 0 amide bonds. The van der Waals surface area contributed by atoms with Crippen LogP contribution in [0.3, 0.4) is 0 Å². The smallest absolute Gasteiger partial charge is 1.00 e. The van der Waals surface area contributed by atoms with Gasteiger partial charge in [0.1, 0.15) is 30.2 Å². The van der Waals surface area contributed by atoms with Crippen LogP contribution in [0.25, 0.3) is 11.2 Å². The predicted octanol–water partition coefficient (Wildman–Crippen LogP) is -6.82. The Hall–Kier alpha value is 0.770. The number of nitrogens with zero attached hydrogens (tertiary/aromatic N) is 4. The second-order valence-electron chi connectivity index (χ2n) is 5.00. The molecule has 0 bridgehead atoms. The summed E-state index contributed by atoms with van der Waals surface area (Å²) in [5.74, 6) is 0.158. The van der Waals surface area contributed by atoms with Crippen molar-refractivity contribution in [1.29, 1.82) is 0 Å². The zero-order valence-corrected chi connectivity index (χ0v) is 20.1. The van der Waals surface area contributed by atoms with Gasteiger partial charge in [-0.15, -0.1) is 0 Å². The van der Waals surface area contributed by atoms with Crippen LogP contribution in [0.5, 0.6) is 0 Å². The quantitative estimate of drug-likeness (QED) is 0.264. The Labute approximate surface area is 197 Å². The molecule has 1 aliphatic heterocycles. The molecule has 1 saturated heterocycles. The third-order valence-electron chi connectivity index (χ3n) is 3.53. The Morgan fingerprint density at radius 1 is 1.35 bits per heavy atom. The number of nitrogen functional groups attached to an aromatic ring is 1. The van der Waals surface area contributed by atoms with E-state index in [9.17, 15) is 19.7 Å². The zero-order chi connectivity index (χ0) is 17.5. The number of fused-ring (bicyclic) bond motifs is 1. The first-order valence-corrected chi connectivity index (χ1v) is 8.61. The van der Waals surface area contributed by atoms with Gasteiger partial charge >= 0.3 is 66.9 Å². The number of anilines is 1. The fourth-order valence-corrected chi connectivity index (χ4v) is 2.93. The minimum Gasteiger partial charge on any atom is -1.00 e. The first-order chi connectivity index (χ1) is 11.3. The van der Waals surface area contributed by atoms with Gasteiger partial charge in [-0.1, -0.05) is 0 Å². The number of hydrogen-bond donors (Lipinski definition) is 4. The molecule has 6 atom stereocenters. The van der Waals surface area contributed by atoms with E-state index in [1.54, 1.807) is 9.47 Å². The van der Waals surface area contributed by atoms with E-state index in [4.69, 9.17) is 10.5 Å². The number of aliphatic hydroxyl groups is 2. The van der Waals surface area contributed by atoms with E-state index in [0.717, 1.165) is 0 Å². The Balaban J connectivity index is 0. The van der Waals surface area contributed by atoms with Gasteiger partial charge in [-0.2, -0.15) is 0 Å². The van der Waals surface area contributed by atoms with Gasteiger partial charge in [0.2, 0.25) is 0 Å². The standard InChI is InChI=1S/C10H15N5O7P2.2Na.2H/c11-8-5-9(13-2-12-8)15(3-14-5)10-7(17)6(16)4(21-10)1-20-24(18,19)22-23;;;;/h2-4,6-7,10,16-17H,1,23H2,(H,18,19)(H2,11,12,13);;;;/q;2*+1;2*-1/t4-,6-,7-,10-;;;;/m1..../s1. The molecule has 0 radical (unpaired) electrons. The van der Waals surface area contributed by atoms with Crippen molar-refractivity contribution in [3.05, 3.63) is 12.7 Å². The first kappa shape index (κ1) is 24.8. The third kappa shape index (κ3) is 5.03. The van der Waals surface area contributed by atoms with Crippen molar-refractivity contribution in [2.45, 2.75) is 24.5 Å². The van der Waals surface area contributed by atoms with Crippen molar-refractivity contribution < 1.29 is 95.2 Å². The molecule has 0 saturated carbocycles. The van der Waals surface area contributed by atoms with E-state index in [2.05, 4.69) is 23.8 Å². The van der Waals surface area contributed by atoms with Gasteiger partial charge in [0.05, 0.1) is 12.9 Å². The van der Waals surface area contributed by atoms with E-state index in [1.807, 2.05) is 0 Å². The normalized spacial score (nSPS) is 27.5. The van der Waals surface area contributed by atoms with Crippen molar-refractivity contribution >= 4 is 34.3 Å². The summed E-state index contributed by atoms with van der Waals surface area (Å²) >= 11 is 0. The average molecular weight is 427 g/mol. The molecule has 2 unspecified atom stereocenters. The molecule has 16 heteroatoms. The summed E-state index contributed by atoms with van der Waals surface area (Å²) in [7, 11) is -2.66. The van der Waals surface area contributed by atoms with Crippen LogP contribution < -0.4 is 64.8 Å². The number of nitrogens with two attached hydrogens (primary N) is 1. The van der Waals surface area contributed by atoms with Gasteiger partial charge in [0.25, 0.3) is 0 Å². The summed E-state index contributed by atoms with van der Waals surface area (Å²) in [6.45, 7) is -0.472. The number of phosphoric acid groups is 1. The largest absolute Gasteiger partial charge is 1.00 e. The average Bonchev–Trinajstić information content (AvgIpc) is 3.10. The van der Waals surface area contributed by atoms with Crippen molar-refractivity contribution in [2.24, 2.45) is 0 Å². The van der Waals surface area contributed by atoms with Gasteiger partial charge in [0.15, 0.2) is 17.7 Å². The van der Waals surface area contributed by atoms with Gasteiger partial charge in [-0.3, -0.25) is 13.4 Å². The van der Waals surface area contributed by atoms with E-state index in [1.165, 1.54) is 17.2 Å². The number of imidazole rings is 1. The summed E-state index contributed by atoms with van der Waals surface area (Å²) in [5, 5.41) is 20.3. The number of aliphatic hydroxyl groups excluding tert-OH is 2. The van der Waals surface area contributed by atoms with Crippen LogP contribution in [0.4, 0.5) is 5.82 Å². The molecule has 12 nitrogen and oxygen atoms in total. The van der Waals surface area contributed by atoms with E-state index in [-0.39, 0.29) is 67.8 Å². The fourth-order valence-electron chi connectivity index (χ4n) is 2.35. The number of phosphoric ester groups is 1. The van der Waals surface area contributed by atoms with Crippen LogP contribution in [-0.4, -0.2) is 59.5 Å². The maximum Gasteiger partial charge on any atom is 1.00 e. The van der Waals surface area contributed by atoms with Gasteiger partial charge in [0, 0.05) is 9.47 Å². The molecule has 2 aromatic rings. The fraction of sp³-hybridized carbons (Fsp3) is 0.500. The number of aromatic nitrogens is 4. The van der Waals surface area contributed by atoms with E-state index >= 15 is 0 Å². The van der Waals surface area contributed by atoms with Crippen molar-refractivity contribution in [3.63, 3.8) is 0 Å². The predicted molar refractivity (Wildman–Crippen MR) is 84.5 cm³/mol. The monoisotopic (exact) mass is 427 g/mol. The molecule has 5 N–H and O–H groups in total. The second kappa shape index (κ2) is 10.00. The molecule has 1 aliphatic rings. The maximum absolute atomic E-state index is 11.3. The SMILES string of the molecule is Nc1ncnc2c1ncn2[C@@H]1O[C@H](COP(=O)(O)OP)[C@@H](O)[C@H]1O.[H-].[H-].[Na+].[Na+]. The Morgan fingerprint density at radius 3 is 2.69 bits per heavy atom. The van der Waals surface area contributed by atoms with Crippen LogP contribution in [-0.2, 0) is 18.1 Å². The van der Waals surface area contributed by atoms with Crippen LogP contribution in [0.15, 0.2) is 12.7 Å². The topological polar surface area (TPSA) is 175 Å². The third-order valence-corrected chi connectivity index (χ3v) is 5.07. The minimum atomic E-state index is -4.26. The minimum absolute atomic E-state index is 0. The molecule has 3 heterocycles. The summed E-state index contributed by atoms with van der Waals surface area (Å²) in [4.78, 5) is 21.1. The molecular formula is C10H17N5Na2O7P2. The number of rotatable bonds is 5.